The van der Waals surface area contributed by atoms with Gasteiger partial charge in [0.25, 0.3) is 5.89 Å². The van der Waals surface area contributed by atoms with Gasteiger partial charge < -0.3 is 9.26 Å². The van der Waals surface area contributed by atoms with Gasteiger partial charge in [-0.15, -0.1) is 0 Å². The van der Waals surface area contributed by atoms with Gasteiger partial charge in [0.2, 0.25) is 5.82 Å². The summed E-state index contributed by atoms with van der Waals surface area (Å²) in [5.74, 6) is -0.380. The van der Waals surface area contributed by atoms with Crippen LogP contribution in [0.5, 0.6) is 0 Å². The van der Waals surface area contributed by atoms with Gasteiger partial charge in [-0.2, -0.15) is 4.98 Å². The lowest BCUT2D eigenvalue weighted by Crippen LogP contribution is -2.43. The lowest BCUT2D eigenvalue weighted by Gasteiger charge is -2.25. The lowest BCUT2D eigenvalue weighted by molar-refractivity contribution is -0.146. The fraction of sp³-hybridized carbons (Fsp3) is 0.400. The Morgan fingerprint density at radius 3 is 2.60 bits per heavy atom. The number of nitrogens with zero attached hydrogens (tertiary/aromatic N) is 3. The van der Waals surface area contributed by atoms with E-state index in [4.69, 9.17) is 9.26 Å². The van der Waals surface area contributed by atoms with E-state index in [0.717, 1.165) is 0 Å². The molecule has 0 atom stereocenters. The zero-order valence-electron chi connectivity index (χ0n) is 13.2. The first-order valence-electron chi connectivity index (χ1n) is 7.58. The van der Waals surface area contributed by atoms with Gasteiger partial charge in [0, 0.05) is 18.7 Å². The van der Waals surface area contributed by atoms with E-state index in [1.165, 1.54) is 24.3 Å². The highest BCUT2D eigenvalue weighted by Crippen LogP contribution is 2.17. The summed E-state index contributed by atoms with van der Waals surface area (Å²) in [5.41, 5.74) is 0.556. The van der Waals surface area contributed by atoms with Gasteiger partial charge in [0.15, 0.2) is 16.4 Å². The predicted octanol–water partition coefficient (Wildman–Crippen LogP) is 0.649. The average Bonchev–Trinajstić information content (AvgIpc) is 3.05. The highest BCUT2D eigenvalue weighted by atomic mass is 32.2. The molecule has 2 heterocycles. The van der Waals surface area contributed by atoms with Crippen molar-refractivity contribution < 1.29 is 26.9 Å². The normalized spacial score (nSPS) is 17.3. The Hall–Kier alpha value is -2.33. The summed E-state index contributed by atoms with van der Waals surface area (Å²) in [6.07, 6.45) is 0. The van der Waals surface area contributed by atoms with Crippen molar-refractivity contribution in [3.8, 4) is 11.5 Å². The highest BCUT2D eigenvalue weighted by molar-refractivity contribution is 7.91. The van der Waals surface area contributed by atoms with E-state index in [1.807, 2.05) is 0 Å². The van der Waals surface area contributed by atoms with Crippen LogP contribution >= 0.6 is 0 Å². The molecule has 0 spiro atoms. The van der Waals surface area contributed by atoms with Gasteiger partial charge in [-0.3, -0.25) is 9.69 Å². The van der Waals surface area contributed by atoms with E-state index in [-0.39, 0.29) is 42.2 Å². The van der Waals surface area contributed by atoms with Gasteiger partial charge in [0.1, 0.15) is 5.82 Å². The number of aromatic nitrogens is 2. The molecule has 0 unspecified atom stereocenters. The van der Waals surface area contributed by atoms with Gasteiger partial charge in [-0.05, 0) is 24.3 Å². The predicted molar refractivity (Wildman–Crippen MR) is 84.6 cm³/mol. The van der Waals surface area contributed by atoms with Gasteiger partial charge in [-0.1, -0.05) is 5.16 Å². The van der Waals surface area contributed by atoms with Crippen LogP contribution in [0.4, 0.5) is 4.39 Å². The molecule has 10 heteroatoms. The van der Waals surface area contributed by atoms with Crippen LogP contribution in [0.2, 0.25) is 0 Å². The standard InChI is InChI=1S/C15H16FN3O5S/c16-12-3-1-11(2-4-12)15-17-13(18-24-15)10-23-14(20)9-19-5-7-25(21,22)8-6-19/h1-4H,5-10H2. The molecule has 3 rings (SSSR count). The molecule has 0 saturated carbocycles. The van der Waals surface area contributed by atoms with Gasteiger partial charge in [-0.25, -0.2) is 12.8 Å². The van der Waals surface area contributed by atoms with E-state index in [9.17, 15) is 17.6 Å². The second kappa shape index (κ2) is 7.28. The third kappa shape index (κ3) is 4.83. The van der Waals surface area contributed by atoms with Crippen LogP contribution in [-0.4, -0.2) is 60.6 Å². The Morgan fingerprint density at radius 1 is 1.24 bits per heavy atom. The van der Waals surface area contributed by atoms with Crippen LogP contribution in [0.25, 0.3) is 11.5 Å². The average molecular weight is 369 g/mol. The molecule has 134 valence electrons. The Balaban J connectivity index is 1.49. The molecule has 0 radical (unpaired) electrons. The fourth-order valence-corrected chi connectivity index (χ4v) is 3.58. The maximum absolute atomic E-state index is 12.9. The number of hydrogen-bond donors (Lipinski definition) is 0. The molecule has 1 aliphatic rings. The van der Waals surface area contributed by atoms with Crippen LogP contribution in [0.1, 0.15) is 5.82 Å². The number of ether oxygens (including phenoxy) is 1. The number of carbonyl (C=O) groups excluding carboxylic acids is 1. The monoisotopic (exact) mass is 369 g/mol. The van der Waals surface area contributed by atoms with Crippen molar-refractivity contribution in [1.29, 1.82) is 0 Å². The third-order valence-corrected chi connectivity index (χ3v) is 5.32. The molecular weight excluding hydrogens is 353 g/mol. The summed E-state index contributed by atoms with van der Waals surface area (Å²) in [5, 5.41) is 3.70. The van der Waals surface area contributed by atoms with Gasteiger partial charge >= 0.3 is 5.97 Å². The summed E-state index contributed by atoms with van der Waals surface area (Å²) in [6, 6.07) is 5.56. The van der Waals surface area contributed by atoms with Crippen molar-refractivity contribution in [3.05, 3.63) is 35.9 Å². The lowest BCUT2D eigenvalue weighted by atomic mass is 10.2. The van der Waals surface area contributed by atoms with Crippen molar-refractivity contribution in [1.82, 2.24) is 15.0 Å². The minimum atomic E-state index is -2.98. The smallest absolute Gasteiger partial charge is 0.320 e. The second-order valence-corrected chi connectivity index (χ2v) is 7.91. The highest BCUT2D eigenvalue weighted by Gasteiger charge is 2.23. The molecule has 8 nitrogen and oxygen atoms in total. The number of sulfone groups is 1. The van der Waals surface area contributed by atoms with Crippen molar-refractivity contribution in [2.75, 3.05) is 31.1 Å². The zero-order chi connectivity index (χ0) is 17.9. The quantitative estimate of drug-likeness (QED) is 0.708. The molecule has 1 saturated heterocycles. The number of rotatable bonds is 5. The molecular formula is C15H16FN3O5S. The fourth-order valence-electron chi connectivity index (χ4n) is 2.30. The van der Waals surface area contributed by atoms with Crippen LogP contribution in [-0.2, 0) is 26.0 Å². The molecule has 25 heavy (non-hydrogen) atoms. The molecule has 0 bridgehead atoms. The summed E-state index contributed by atoms with van der Waals surface area (Å²) in [6.45, 7) is 0.483. The minimum Gasteiger partial charge on any atom is -0.456 e. The molecule has 0 N–H and O–H groups in total. The summed E-state index contributed by atoms with van der Waals surface area (Å²) >= 11 is 0. The van der Waals surface area contributed by atoms with Crippen LogP contribution < -0.4 is 0 Å². The molecule has 0 aliphatic carbocycles. The first-order valence-corrected chi connectivity index (χ1v) is 9.40. The molecule has 1 fully saturated rings. The van der Waals surface area contributed by atoms with Crippen molar-refractivity contribution in [2.24, 2.45) is 0 Å². The SMILES string of the molecule is O=C(CN1CCS(=O)(=O)CC1)OCc1noc(-c2ccc(F)cc2)n1. The molecule has 0 amide bonds. The molecule has 1 aromatic heterocycles. The van der Waals surface area contributed by atoms with Crippen LogP contribution in [0.3, 0.4) is 0 Å². The third-order valence-electron chi connectivity index (χ3n) is 3.71. The number of carbonyl (C=O) groups is 1. The van der Waals surface area contributed by atoms with E-state index in [1.54, 1.807) is 4.90 Å². The maximum Gasteiger partial charge on any atom is 0.320 e. The number of benzene rings is 1. The topological polar surface area (TPSA) is 103 Å². The zero-order valence-corrected chi connectivity index (χ0v) is 14.0. The summed E-state index contributed by atoms with van der Waals surface area (Å²) in [4.78, 5) is 17.6. The molecule has 2 aromatic rings. The first-order chi connectivity index (χ1) is 11.9. The molecule has 1 aliphatic heterocycles. The Morgan fingerprint density at radius 2 is 1.92 bits per heavy atom. The largest absolute Gasteiger partial charge is 0.456 e. The Kier molecular flexibility index (Phi) is 5.09. The van der Waals surface area contributed by atoms with Crippen molar-refractivity contribution >= 4 is 15.8 Å². The molecule has 1 aromatic carbocycles. The van der Waals surface area contributed by atoms with E-state index in [2.05, 4.69) is 10.1 Å². The first kappa shape index (κ1) is 17.5. The Bertz CT molecular complexity index is 836. The van der Waals surface area contributed by atoms with E-state index in [0.29, 0.717) is 18.7 Å². The number of esters is 1. The Labute approximate surface area is 143 Å². The number of halogens is 1. The van der Waals surface area contributed by atoms with Crippen molar-refractivity contribution in [2.45, 2.75) is 6.61 Å². The van der Waals surface area contributed by atoms with Crippen LogP contribution in [0, 0.1) is 5.82 Å². The van der Waals surface area contributed by atoms with E-state index >= 15 is 0 Å². The maximum atomic E-state index is 12.9. The van der Waals surface area contributed by atoms with Crippen molar-refractivity contribution in [3.63, 3.8) is 0 Å². The van der Waals surface area contributed by atoms with E-state index < -0.39 is 15.8 Å². The second-order valence-electron chi connectivity index (χ2n) is 5.61. The minimum absolute atomic E-state index is 0.0121. The van der Waals surface area contributed by atoms with Crippen LogP contribution in [0.15, 0.2) is 28.8 Å². The summed E-state index contributed by atoms with van der Waals surface area (Å²) in [7, 11) is -2.98. The summed E-state index contributed by atoms with van der Waals surface area (Å²) < 4.78 is 45.7. The number of hydrogen-bond acceptors (Lipinski definition) is 8. The van der Waals surface area contributed by atoms with Gasteiger partial charge in [0.05, 0.1) is 18.1 Å².